The Balaban J connectivity index is 2.06. The molecule has 0 unspecified atom stereocenters. The lowest BCUT2D eigenvalue weighted by molar-refractivity contribution is -0.122. The van der Waals surface area contributed by atoms with Crippen molar-refractivity contribution in [2.45, 2.75) is 18.7 Å². The second-order valence-corrected chi connectivity index (χ2v) is 7.76. The summed E-state index contributed by atoms with van der Waals surface area (Å²) in [5.74, 6) is -0.0965. The van der Waals surface area contributed by atoms with E-state index in [1.54, 1.807) is 13.8 Å². The van der Waals surface area contributed by atoms with Gasteiger partial charge in [-0.2, -0.15) is 0 Å². The number of hydrogen-bond donors (Lipinski definition) is 3. The van der Waals surface area contributed by atoms with Crippen LogP contribution < -0.4 is 20.1 Å². The van der Waals surface area contributed by atoms with Gasteiger partial charge in [0.05, 0.1) is 12.0 Å². The van der Waals surface area contributed by atoms with Gasteiger partial charge in [0, 0.05) is 17.7 Å². The maximum absolute atomic E-state index is 12.4. The number of nitrogens with one attached hydrogen (secondary N) is 3. The SMILES string of the molecule is COc1cc(NS(=O)(=O)c2ccc(NC(=S)NC(=O)C(C)C)cc2)ncn1. The lowest BCUT2D eigenvalue weighted by atomic mass is 10.2. The van der Waals surface area contributed by atoms with Gasteiger partial charge in [-0.15, -0.1) is 0 Å². The van der Waals surface area contributed by atoms with E-state index in [9.17, 15) is 13.2 Å². The van der Waals surface area contributed by atoms with Gasteiger partial charge in [0.2, 0.25) is 11.8 Å². The molecule has 0 atom stereocenters. The molecule has 0 fully saturated rings. The zero-order chi connectivity index (χ0) is 20.0. The first kappa shape index (κ1) is 20.5. The van der Waals surface area contributed by atoms with Gasteiger partial charge in [0.25, 0.3) is 10.0 Å². The number of ether oxygens (including phenoxy) is 1. The molecule has 1 aromatic heterocycles. The number of carbonyl (C=O) groups excluding carboxylic acids is 1. The molecule has 1 amide bonds. The summed E-state index contributed by atoms with van der Waals surface area (Å²) in [5.41, 5.74) is 0.534. The second-order valence-electron chi connectivity index (χ2n) is 5.67. The summed E-state index contributed by atoms with van der Waals surface area (Å²) in [7, 11) is -2.42. The Morgan fingerprint density at radius 2 is 1.85 bits per heavy atom. The summed E-state index contributed by atoms with van der Waals surface area (Å²) in [6, 6.07) is 7.22. The Hall–Kier alpha value is -2.79. The van der Waals surface area contributed by atoms with Crippen LogP contribution in [-0.2, 0) is 14.8 Å². The van der Waals surface area contributed by atoms with Crippen molar-refractivity contribution >= 4 is 44.8 Å². The van der Waals surface area contributed by atoms with Crippen LogP contribution in [0.15, 0.2) is 41.6 Å². The second kappa shape index (κ2) is 8.73. The summed E-state index contributed by atoms with van der Waals surface area (Å²) in [6.07, 6.45) is 1.19. The largest absolute Gasteiger partial charge is 0.481 e. The monoisotopic (exact) mass is 409 g/mol. The number of benzene rings is 1. The highest BCUT2D eigenvalue weighted by Crippen LogP contribution is 2.18. The standard InChI is InChI=1S/C16H19N5O4S2/c1-10(2)15(22)20-16(26)19-11-4-6-12(7-5-11)27(23,24)21-13-8-14(25-3)18-9-17-13/h4-10H,1-3H3,(H,17,18,21)(H2,19,20,22,26). The van der Waals surface area contributed by atoms with Gasteiger partial charge in [-0.25, -0.2) is 18.4 Å². The number of rotatable bonds is 6. The molecule has 11 heteroatoms. The van der Waals surface area contributed by atoms with E-state index in [-0.39, 0.29) is 33.5 Å². The number of amides is 1. The number of aromatic nitrogens is 2. The highest BCUT2D eigenvalue weighted by atomic mass is 32.2. The van der Waals surface area contributed by atoms with Crippen molar-refractivity contribution < 1.29 is 17.9 Å². The molecular weight excluding hydrogens is 390 g/mol. The number of methoxy groups -OCH3 is 1. The van der Waals surface area contributed by atoms with Crippen LogP contribution in [0.4, 0.5) is 11.5 Å². The molecule has 0 saturated carbocycles. The predicted molar refractivity (Wildman–Crippen MR) is 105 cm³/mol. The first-order chi connectivity index (χ1) is 12.7. The fraction of sp³-hybridized carbons (Fsp3) is 0.250. The van der Waals surface area contributed by atoms with E-state index >= 15 is 0 Å². The number of anilines is 2. The van der Waals surface area contributed by atoms with Crippen molar-refractivity contribution in [2.75, 3.05) is 17.1 Å². The third kappa shape index (κ3) is 5.86. The molecule has 1 heterocycles. The first-order valence-electron chi connectivity index (χ1n) is 7.82. The molecule has 9 nitrogen and oxygen atoms in total. The van der Waals surface area contributed by atoms with Crippen LogP contribution in [0, 0.1) is 5.92 Å². The van der Waals surface area contributed by atoms with Crippen molar-refractivity contribution in [3.8, 4) is 5.88 Å². The third-order valence-corrected chi connectivity index (χ3v) is 4.85. The van der Waals surface area contributed by atoms with Crippen molar-refractivity contribution in [1.29, 1.82) is 0 Å². The Morgan fingerprint density at radius 3 is 2.44 bits per heavy atom. The lowest BCUT2D eigenvalue weighted by Gasteiger charge is -2.12. The molecule has 0 radical (unpaired) electrons. The molecule has 2 rings (SSSR count). The van der Waals surface area contributed by atoms with E-state index in [0.29, 0.717) is 5.69 Å². The van der Waals surface area contributed by atoms with Gasteiger partial charge < -0.3 is 15.4 Å². The Labute approximate surface area is 162 Å². The number of sulfonamides is 1. The van der Waals surface area contributed by atoms with Crippen molar-refractivity contribution in [2.24, 2.45) is 5.92 Å². The maximum Gasteiger partial charge on any atom is 0.263 e. The van der Waals surface area contributed by atoms with E-state index in [1.165, 1.54) is 43.8 Å². The van der Waals surface area contributed by atoms with Crippen molar-refractivity contribution in [3.05, 3.63) is 36.7 Å². The van der Waals surface area contributed by atoms with Crippen LogP contribution in [-0.4, -0.2) is 36.5 Å². The van der Waals surface area contributed by atoms with Gasteiger partial charge in [0.15, 0.2) is 5.11 Å². The highest BCUT2D eigenvalue weighted by Gasteiger charge is 2.16. The van der Waals surface area contributed by atoms with Crippen LogP contribution in [0.3, 0.4) is 0 Å². The van der Waals surface area contributed by atoms with E-state index in [0.717, 1.165) is 0 Å². The predicted octanol–water partition coefficient (Wildman–Crippen LogP) is 1.75. The third-order valence-electron chi connectivity index (χ3n) is 3.27. The van der Waals surface area contributed by atoms with E-state index < -0.39 is 10.0 Å². The van der Waals surface area contributed by atoms with Crippen LogP contribution in [0.25, 0.3) is 0 Å². The molecule has 0 bridgehead atoms. The van der Waals surface area contributed by atoms with Gasteiger partial charge in [-0.05, 0) is 36.5 Å². The normalized spacial score (nSPS) is 11.0. The average Bonchev–Trinajstić information content (AvgIpc) is 2.61. The minimum atomic E-state index is -3.84. The Bertz CT molecular complexity index is 930. The summed E-state index contributed by atoms with van der Waals surface area (Å²) in [4.78, 5) is 19.3. The minimum absolute atomic E-state index is 0.0303. The van der Waals surface area contributed by atoms with Crippen molar-refractivity contribution in [1.82, 2.24) is 15.3 Å². The topological polar surface area (TPSA) is 122 Å². The minimum Gasteiger partial charge on any atom is -0.481 e. The molecular formula is C16H19N5O4S2. The van der Waals surface area contributed by atoms with Gasteiger partial charge in [-0.1, -0.05) is 13.8 Å². The maximum atomic E-state index is 12.4. The van der Waals surface area contributed by atoms with Crippen LogP contribution in [0.2, 0.25) is 0 Å². The highest BCUT2D eigenvalue weighted by molar-refractivity contribution is 7.92. The molecule has 2 aromatic rings. The summed E-state index contributed by atoms with van der Waals surface area (Å²) in [6.45, 7) is 3.50. The molecule has 144 valence electrons. The zero-order valence-corrected chi connectivity index (χ0v) is 16.5. The molecule has 0 saturated heterocycles. The fourth-order valence-corrected chi connectivity index (χ4v) is 3.06. The lowest BCUT2D eigenvalue weighted by Crippen LogP contribution is -2.36. The Morgan fingerprint density at radius 1 is 1.19 bits per heavy atom. The van der Waals surface area contributed by atoms with Crippen molar-refractivity contribution in [3.63, 3.8) is 0 Å². The molecule has 0 spiro atoms. The first-order valence-corrected chi connectivity index (χ1v) is 9.71. The number of carbonyl (C=O) groups is 1. The molecule has 0 aliphatic rings. The smallest absolute Gasteiger partial charge is 0.263 e. The molecule has 3 N–H and O–H groups in total. The molecule has 27 heavy (non-hydrogen) atoms. The zero-order valence-electron chi connectivity index (χ0n) is 14.9. The molecule has 0 aliphatic heterocycles. The summed E-state index contributed by atoms with van der Waals surface area (Å²) >= 11 is 5.05. The van der Waals surface area contributed by atoms with Gasteiger partial charge in [0.1, 0.15) is 12.1 Å². The molecule has 0 aliphatic carbocycles. The van der Waals surface area contributed by atoms with E-state index in [4.69, 9.17) is 17.0 Å². The summed E-state index contributed by atoms with van der Waals surface area (Å²) in [5, 5.41) is 5.49. The van der Waals surface area contributed by atoms with Crippen LogP contribution >= 0.6 is 12.2 Å². The fourth-order valence-electron chi connectivity index (χ4n) is 1.84. The number of hydrogen-bond acceptors (Lipinski definition) is 7. The van der Waals surface area contributed by atoms with E-state index in [2.05, 4.69) is 25.3 Å². The quantitative estimate of drug-likeness (QED) is 0.617. The molecule has 1 aromatic carbocycles. The average molecular weight is 409 g/mol. The number of thiocarbonyl (C=S) groups is 1. The van der Waals surface area contributed by atoms with Crippen LogP contribution in [0.5, 0.6) is 5.88 Å². The summed E-state index contributed by atoms with van der Waals surface area (Å²) < 4.78 is 32.2. The van der Waals surface area contributed by atoms with E-state index in [1.807, 2.05) is 0 Å². The number of nitrogens with zero attached hydrogens (tertiary/aromatic N) is 2. The van der Waals surface area contributed by atoms with Crippen LogP contribution in [0.1, 0.15) is 13.8 Å². The van der Waals surface area contributed by atoms with Gasteiger partial charge in [-0.3, -0.25) is 9.52 Å². The Kier molecular flexibility index (Phi) is 6.64. The van der Waals surface area contributed by atoms with Gasteiger partial charge >= 0.3 is 0 Å².